The fourth-order valence-electron chi connectivity index (χ4n) is 3.86. The summed E-state index contributed by atoms with van der Waals surface area (Å²) < 4.78 is 6.27. The van der Waals surface area contributed by atoms with Gasteiger partial charge in [0.1, 0.15) is 0 Å². The molecule has 2 aliphatic rings. The summed E-state index contributed by atoms with van der Waals surface area (Å²) in [5, 5.41) is 4.38. The van der Waals surface area contributed by atoms with Crippen LogP contribution in [0.4, 0.5) is 0 Å². The van der Waals surface area contributed by atoms with Crippen molar-refractivity contribution in [2.75, 3.05) is 12.8 Å². The van der Waals surface area contributed by atoms with Gasteiger partial charge in [0.25, 0.3) is 0 Å². The molecule has 1 N–H and O–H groups in total. The fraction of sp³-hybridized carbons (Fsp3) is 1.00. The molecule has 0 radical (unpaired) electrons. The Bertz CT molecular complexity index is 284. The van der Waals surface area contributed by atoms with Crippen molar-refractivity contribution in [3.8, 4) is 0 Å². The van der Waals surface area contributed by atoms with Gasteiger partial charge in [0.05, 0.1) is 11.2 Å². The summed E-state index contributed by atoms with van der Waals surface area (Å²) in [7, 11) is 2.13. The molecular weight excluding hydrogens is 242 g/mol. The van der Waals surface area contributed by atoms with E-state index in [1.807, 2.05) is 0 Å². The van der Waals surface area contributed by atoms with Crippen LogP contribution in [0.5, 0.6) is 0 Å². The maximum absolute atomic E-state index is 6.27. The molecule has 0 aromatic rings. The smallest absolute Gasteiger partial charge is 0.0678 e. The number of rotatable bonds is 3. The van der Waals surface area contributed by atoms with Crippen LogP contribution >= 0.6 is 11.8 Å². The molecule has 2 nitrogen and oxygen atoms in total. The molecule has 2 heterocycles. The highest BCUT2D eigenvalue weighted by Crippen LogP contribution is 2.46. The molecule has 0 aromatic carbocycles. The van der Waals surface area contributed by atoms with E-state index >= 15 is 0 Å². The molecule has 0 spiro atoms. The van der Waals surface area contributed by atoms with Gasteiger partial charge in [0.2, 0.25) is 0 Å². The lowest BCUT2D eigenvalue weighted by atomic mass is 9.79. The Hall–Kier alpha value is 0.270. The minimum Gasteiger partial charge on any atom is -0.369 e. The fourth-order valence-corrected chi connectivity index (χ4v) is 5.40. The zero-order chi connectivity index (χ0) is 13.4. The quantitative estimate of drug-likeness (QED) is 0.849. The van der Waals surface area contributed by atoms with Crippen molar-refractivity contribution >= 4 is 11.8 Å². The highest BCUT2D eigenvalue weighted by Gasteiger charge is 2.50. The minimum atomic E-state index is -0.00478. The summed E-state index contributed by atoms with van der Waals surface area (Å²) in [5.41, 5.74) is 0.0256. The molecule has 2 aliphatic heterocycles. The Morgan fingerprint density at radius 1 is 1.22 bits per heavy atom. The van der Waals surface area contributed by atoms with Crippen LogP contribution in [0, 0.1) is 5.92 Å². The van der Waals surface area contributed by atoms with E-state index in [1.54, 1.807) is 0 Å². The predicted octanol–water partition coefficient (Wildman–Crippen LogP) is 3.45. The van der Waals surface area contributed by atoms with Crippen LogP contribution in [-0.4, -0.2) is 35.3 Å². The maximum Gasteiger partial charge on any atom is 0.0678 e. The Kier molecular flexibility index (Phi) is 4.35. The first kappa shape index (κ1) is 14.7. The largest absolute Gasteiger partial charge is 0.369 e. The van der Waals surface area contributed by atoms with Crippen LogP contribution in [0.2, 0.25) is 0 Å². The first-order valence-corrected chi connectivity index (χ1v) is 8.40. The second-order valence-electron chi connectivity index (χ2n) is 7.00. The van der Waals surface area contributed by atoms with Crippen molar-refractivity contribution < 1.29 is 4.74 Å². The van der Waals surface area contributed by atoms with E-state index in [1.165, 1.54) is 31.4 Å². The van der Waals surface area contributed by atoms with Crippen LogP contribution < -0.4 is 5.32 Å². The Labute approximate surface area is 117 Å². The van der Waals surface area contributed by atoms with Gasteiger partial charge in [-0.15, -0.1) is 0 Å². The molecule has 18 heavy (non-hydrogen) atoms. The van der Waals surface area contributed by atoms with Crippen LogP contribution in [-0.2, 0) is 4.74 Å². The molecule has 0 aromatic heterocycles. The lowest BCUT2D eigenvalue weighted by Crippen LogP contribution is -2.49. The summed E-state index contributed by atoms with van der Waals surface area (Å²) in [6, 6.07) is 0.590. The molecule has 0 aliphatic carbocycles. The van der Waals surface area contributed by atoms with E-state index in [9.17, 15) is 0 Å². The molecule has 3 unspecified atom stereocenters. The summed E-state index contributed by atoms with van der Waals surface area (Å²) in [6.07, 6.45) is 5.33. The first-order chi connectivity index (χ1) is 8.36. The summed E-state index contributed by atoms with van der Waals surface area (Å²) in [6.45, 7) is 9.00. The number of hydrogen-bond donors (Lipinski definition) is 1. The van der Waals surface area contributed by atoms with Crippen molar-refractivity contribution in [1.82, 2.24) is 5.32 Å². The van der Waals surface area contributed by atoms with Crippen molar-refractivity contribution in [2.45, 2.75) is 75.9 Å². The highest BCUT2D eigenvalue weighted by atomic mass is 32.2. The third kappa shape index (κ3) is 3.05. The van der Waals surface area contributed by atoms with E-state index in [0.29, 0.717) is 12.0 Å². The molecule has 2 fully saturated rings. The molecular formula is C15H29NOS. The second-order valence-corrected chi connectivity index (χ2v) is 8.34. The number of hydrogen-bond acceptors (Lipinski definition) is 3. The molecule has 0 saturated carbocycles. The van der Waals surface area contributed by atoms with Crippen molar-refractivity contribution in [1.29, 1.82) is 0 Å². The van der Waals surface area contributed by atoms with Crippen molar-refractivity contribution in [3.05, 3.63) is 0 Å². The average molecular weight is 271 g/mol. The normalized spacial score (nSPS) is 36.5. The van der Waals surface area contributed by atoms with E-state index < -0.39 is 0 Å². The lowest BCUT2D eigenvalue weighted by molar-refractivity contribution is -0.0775. The van der Waals surface area contributed by atoms with E-state index in [4.69, 9.17) is 4.74 Å². The van der Waals surface area contributed by atoms with Gasteiger partial charge in [-0.1, -0.05) is 6.42 Å². The van der Waals surface area contributed by atoms with Crippen molar-refractivity contribution in [2.24, 2.45) is 5.92 Å². The highest BCUT2D eigenvalue weighted by molar-refractivity contribution is 8.00. The Morgan fingerprint density at radius 3 is 2.39 bits per heavy atom. The topological polar surface area (TPSA) is 21.3 Å². The number of ether oxygens (including phenoxy) is 1. The van der Waals surface area contributed by atoms with E-state index in [2.05, 4.69) is 51.8 Å². The van der Waals surface area contributed by atoms with Gasteiger partial charge in [-0.25, -0.2) is 0 Å². The monoisotopic (exact) mass is 271 g/mol. The lowest BCUT2D eigenvalue weighted by Gasteiger charge is -2.38. The zero-order valence-electron chi connectivity index (χ0n) is 12.6. The Balaban J connectivity index is 2.11. The summed E-state index contributed by atoms with van der Waals surface area (Å²) in [5.74, 6) is 1.95. The molecule has 106 valence electrons. The second kappa shape index (κ2) is 5.34. The van der Waals surface area contributed by atoms with Crippen LogP contribution in [0.25, 0.3) is 0 Å². The number of thioether (sulfide) groups is 1. The van der Waals surface area contributed by atoms with Crippen LogP contribution in [0.1, 0.15) is 53.4 Å². The first-order valence-electron chi connectivity index (χ1n) is 7.35. The summed E-state index contributed by atoms with van der Waals surface area (Å²) in [4.78, 5) is 0. The van der Waals surface area contributed by atoms with Gasteiger partial charge in [-0.2, -0.15) is 11.8 Å². The molecule has 2 rings (SSSR count). The SMILES string of the molecule is CNC(C1CCCCS1)C1CC(C)(C)OC1(C)C. The average Bonchev–Trinajstić information content (AvgIpc) is 2.50. The molecule has 0 bridgehead atoms. The van der Waals surface area contributed by atoms with Gasteiger partial charge in [0.15, 0.2) is 0 Å². The molecule has 3 heteroatoms. The minimum absolute atomic E-state index is 0.00478. The summed E-state index contributed by atoms with van der Waals surface area (Å²) >= 11 is 2.17. The van der Waals surface area contributed by atoms with Gasteiger partial charge >= 0.3 is 0 Å². The standard InChI is InChI=1S/C15H29NOS/c1-14(2)10-11(15(3,4)17-14)13(16-5)12-8-6-7-9-18-12/h11-13,16H,6-10H2,1-5H3. The van der Waals surface area contributed by atoms with Crippen LogP contribution in [0.15, 0.2) is 0 Å². The van der Waals surface area contributed by atoms with E-state index in [0.717, 1.165) is 5.25 Å². The molecule has 2 saturated heterocycles. The van der Waals surface area contributed by atoms with Gasteiger partial charge in [0, 0.05) is 17.2 Å². The number of nitrogens with one attached hydrogen (secondary N) is 1. The van der Waals surface area contributed by atoms with Crippen LogP contribution in [0.3, 0.4) is 0 Å². The van der Waals surface area contributed by atoms with E-state index in [-0.39, 0.29) is 11.2 Å². The predicted molar refractivity (Wildman–Crippen MR) is 80.3 cm³/mol. The molecule has 3 atom stereocenters. The van der Waals surface area contributed by atoms with Gasteiger partial charge in [-0.05, 0) is 59.8 Å². The van der Waals surface area contributed by atoms with Gasteiger partial charge < -0.3 is 10.1 Å². The zero-order valence-corrected chi connectivity index (χ0v) is 13.4. The Morgan fingerprint density at radius 2 is 1.94 bits per heavy atom. The van der Waals surface area contributed by atoms with Crippen molar-refractivity contribution in [3.63, 3.8) is 0 Å². The third-order valence-corrected chi connectivity index (χ3v) is 6.01. The molecule has 0 amide bonds. The third-order valence-electron chi connectivity index (χ3n) is 4.53. The maximum atomic E-state index is 6.27. The van der Waals surface area contributed by atoms with Gasteiger partial charge in [-0.3, -0.25) is 0 Å².